The van der Waals surface area contributed by atoms with Crippen molar-refractivity contribution in [2.45, 2.75) is 6.10 Å². The maximum atomic E-state index is 13.5. The van der Waals surface area contributed by atoms with E-state index in [9.17, 15) is 24.4 Å². The summed E-state index contributed by atoms with van der Waals surface area (Å²) in [5.41, 5.74) is 0.437. The summed E-state index contributed by atoms with van der Waals surface area (Å²) in [6.07, 6.45) is -1.07. The van der Waals surface area contributed by atoms with Crippen LogP contribution >= 0.6 is 11.6 Å². The van der Waals surface area contributed by atoms with Crippen molar-refractivity contribution in [1.82, 2.24) is 5.32 Å². The fourth-order valence-electron chi connectivity index (χ4n) is 2.17. The van der Waals surface area contributed by atoms with Crippen LogP contribution in [0.1, 0.15) is 22.0 Å². The van der Waals surface area contributed by atoms with Crippen molar-refractivity contribution < 1.29 is 19.2 Å². The highest BCUT2D eigenvalue weighted by Crippen LogP contribution is 2.24. The molecule has 9 heteroatoms. The minimum Gasteiger partial charge on any atom is -0.387 e. The second-order valence-corrected chi connectivity index (χ2v) is 5.54. The molecule has 1 atom stereocenters. The lowest BCUT2D eigenvalue weighted by atomic mass is 10.1. The molecule has 0 heterocycles. The van der Waals surface area contributed by atoms with Gasteiger partial charge in [0.05, 0.1) is 21.6 Å². The van der Waals surface area contributed by atoms with Gasteiger partial charge in [-0.2, -0.15) is 0 Å². The normalized spacial score (nSPS) is 11.7. The number of nitro groups is 1. The van der Waals surface area contributed by atoms with E-state index in [2.05, 4.69) is 10.6 Å². The number of non-ortho nitro benzene ring substituents is 1. The third-order valence-electron chi connectivity index (χ3n) is 3.50. The smallest absolute Gasteiger partial charge is 0.270 e. The van der Waals surface area contributed by atoms with Gasteiger partial charge in [0.15, 0.2) is 0 Å². The summed E-state index contributed by atoms with van der Waals surface area (Å²) >= 11 is 5.60. The van der Waals surface area contributed by atoms with Crippen molar-refractivity contribution >= 4 is 28.9 Å². The summed E-state index contributed by atoms with van der Waals surface area (Å²) in [5.74, 6) is -1.17. The Kier molecular flexibility index (Phi) is 5.89. The van der Waals surface area contributed by atoms with Crippen LogP contribution in [0.2, 0.25) is 5.02 Å². The lowest BCUT2D eigenvalue weighted by molar-refractivity contribution is -0.384. The van der Waals surface area contributed by atoms with E-state index in [4.69, 9.17) is 11.6 Å². The maximum Gasteiger partial charge on any atom is 0.270 e. The Morgan fingerprint density at radius 2 is 2.08 bits per heavy atom. The Balaban J connectivity index is 2.20. The van der Waals surface area contributed by atoms with Gasteiger partial charge in [0.2, 0.25) is 0 Å². The first-order valence-corrected chi connectivity index (χ1v) is 7.58. The van der Waals surface area contributed by atoms with E-state index in [0.29, 0.717) is 11.3 Å². The number of aliphatic hydroxyl groups excluding tert-OH is 1. The number of aliphatic hydroxyl groups is 1. The molecule has 2 rings (SSSR count). The first-order chi connectivity index (χ1) is 11.8. The van der Waals surface area contributed by atoms with E-state index in [1.807, 2.05) is 0 Å². The fourth-order valence-corrected chi connectivity index (χ4v) is 2.28. The van der Waals surface area contributed by atoms with Crippen LogP contribution in [0.3, 0.4) is 0 Å². The topological polar surface area (TPSA) is 104 Å². The Labute approximate surface area is 147 Å². The summed E-state index contributed by atoms with van der Waals surface area (Å²) in [6, 6.07) is 7.67. The van der Waals surface area contributed by atoms with Gasteiger partial charge in [0.1, 0.15) is 5.82 Å². The highest BCUT2D eigenvalue weighted by Gasteiger charge is 2.17. The summed E-state index contributed by atoms with van der Waals surface area (Å²) in [5, 5.41) is 26.2. The van der Waals surface area contributed by atoms with Crippen LogP contribution in [0.15, 0.2) is 36.4 Å². The van der Waals surface area contributed by atoms with Crippen LogP contribution in [0, 0.1) is 15.9 Å². The molecule has 25 heavy (non-hydrogen) atoms. The van der Waals surface area contributed by atoms with Crippen LogP contribution in [-0.4, -0.2) is 29.5 Å². The van der Waals surface area contributed by atoms with Gasteiger partial charge in [-0.05, 0) is 23.8 Å². The number of nitrogens with one attached hydrogen (secondary N) is 2. The zero-order valence-corrected chi connectivity index (χ0v) is 13.9. The minimum absolute atomic E-state index is 0.0388. The van der Waals surface area contributed by atoms with Gasteiger partial charge in [0.25, 0.3) is 11.6 Å². The highest BCUT2D eigenvalue weighted by atomic mass is 35.5. The number of carbonyl (C=O) groups is 1. The van der Waals surface area contributed by atoms with Crippen molar-refractivity contribution in [3.05, 3.63) is 68.5 Å². The molecular weight excluding hydrogens is 353 g/mol. The number of hydrogen-bond acceptors (Lipinski definition) is 5. The molecule has 0 spiro atoms. The molecule has 0 aromatic heterocycles. The Bertz CT molecular complexity index is 816. The van der Waals surface area contributed by atoms with Crippen molar-refractivity contribution in [1.29, 1.82) is 0 Å². The SMILES string of the molecule is CNC(=O)c1cc([N+](=O)[O-])ccc1NCC(O)c1ccc(Cl)c(F)c1. The summed E-state index contributed by atoms with van der Waals surface area (Å²) in [7, 11) is 1.40. The minimum atomic E-state index is -1.07. The van der Waals surface area contributed by atoms with Gasteiger partial charge in [-0.3, -0.25) is 14.9 Å². The van der Waals surface area contributed by atoms with Crippen LogP contribution in [-0.2, 0) is 0 Å². The number of nitro benzene ring substituents is 1. The predicted octanol–water partition coefficient (Wildman–Crippen LogP) is 2.89. The lowest BCUT2D eigenvalue weighted by Gasteiger charge is -2.15. The number of amides is 1. The maximum absolute atomic E-state index is 13.5. The molecule has 2 aromatic rings. The quantitative estimate of drug-likeness (QED) is 0.538. The monoisotopic (exact) mass is 367 g/mol. The molecule has 7 nitrogen and oxygen atoms in total. The van der Waals surface area contributed by atoms with Gasteiger partial charge in [0, 0.05) is 31.4 Å². The van der Waals surface area contributed by atoms with E-state index >= 15 is 0 Å². The Morgan fingerprint density at radius 3 is 2.68 bits per heavy atom. The molecule has 0 bridgehead atoms. The molecule has 0 aliphatic heterocycles. The van der Waals surface area contributed by atoms with Crippen LogP contribution in [0.4, 0.5) is 15.8 Å². The summed E-state index contributed by atoms with van der Waals surface area (Å²) < 4.78 is 13.5. The highest BCUT2D eigenvalue weighted by molar-refractivity contribution is 6.30. The number of hydrogen-bond donors (Lipinski definition) is 3. The third kappa shape index (κ3) is 4.43. The molecular formula is C16H15ClFN3O4. The van der Waals surface area contributed by atoms with Gasteiger partial charge < -0.3 is 15.7 Å². The third-order valence-corrected chi connectivity index (χ3v) is 3.81. The predicted molar refractivity (Wildman–Crippen MR) is 91.3 cm³/mol. The van der Waals surface area contributed by atoms with Crippen molar-refractivity contribution in [3.8, 4) is 0 Å². The molecule has 0 radical (unpaired) electrons. The first-order valence-electron chi connectivity index (χ1n) is 7.21. The molecule has 2 aromatic carbocycles. The zero-order chi connectivity index (χ0) is 18.6. The Morgan fingerprint density at radius 1 is 1.36 bits per heavy atom. The average Bonchev–Trinajstić information content (AvgIpc) is 2.61. The molecule has 3 N–H and O–H groups in total. The molecule has 0 fully saturated rings. The number of benzene rings is 2. The lowest BCUT2D eigenvalue weighted by Crippen LogP contribution is -2.21. The van der Waals surface area contributed by atoms with E-state index in [0.717, 1.165) is 12.1 Å². The van der Waals surface area contributed by atoms with Crippen molar-refractivity contribution in [2.75, 3.05) is 18.9 Å². The Hall–Kier alpha value is -2.71. The number of carbonyl (C=O) groups excluding carboxylic acids is 1. The second-order valence-electron chi connectivity index (χ2n) is 5.14. The fraction of sp³-hybridized carbons (Fsp3) is 0.188. The molecule has 0 aliphatic carbocycles. The van der Waals surface area contributed by atoms with Crippen molar-refractivity contribution in [2.24, 2.45) is 0 Å². The number of nitrogens with zero attached hydrogens (tertiary/aromatic N) is 1. The zero-order valence-electron chi connectivity index (χ0n) is 13.1. The van der Waals surface area contributed by atoms with Gasteiger partial charge in [-0.1, -0.05) is 17.7 Å². The van der Waals surface area contributed by atoms with E-state index in [1.54, 1.807) is 0 Å². The average molecular weight is 368 g/mol. The number of rotatable bonds is 6. The van der Waals surface area contributed by atoms with Gasteiger partial charge in [-0.15, -0.1) is 0 Å². The molecule has 1 unspecified atom stereocenters. The standard InChI is InChI=1S/C16H15ClFN3O4/c1-19-16(23)11-7-10(21(24)25)3-5-14(11)20-8-15(22)9-2-4-12(17)13(18)6-9/h2-7,15,20,22H,8H2,1H3,(H,19,23). The van der Waals surface area contributed by atoms with Crippen LogP contribution < -0.4 is 10.6 Å². The number of anilines is 1. The van der Waals surface area contributed by atoms with E-state index in [1.165, 1.54) is 31.3 Å². The molecule has 0 saturated heterocycles. The van der Waals surface area contributed by atoms with Crippen LogP contribution in [0.25, 0.3) is 0 Å². The molecule has 0 saturated carbocycles. The van der Waals surface area contributed by atoms with Crippen molar-refractivity contribution in [3.63, 3.8) is 0 Å². The van der Waals surface area contributed by atoms with E-state index < -0.39 is 22.8 Å². The molecule has 0 aliphatic rings. The van der Waals surface area contributed by atoms with Gasteiger partial charge in [-0.25, -0.2) is 4.39 Å². The van der Waals surface area contributed by atoms with Gasteiger partial charge >= 0.3 is 0 Å². The van der Waals surface area contributed by atoms with Crippen LogP contribution in [0.5, 0.6) is 0 Å². The van der Waals surface area contributed by atoms with E-state index in [-0.39, 0.29) is 22.8 Å². The largest absolute Gasteiger partial charge is 0.387 e. The summed E-state index contributed by atoms with van der Waals surface area (Å²) in [6.45, 7) is -0.0388. The number of halogens is 2. The molecule has 132 valence electrons. The molecule has 1 amide bonds. The second kappa shape index (κ2) is 7.91. The summed E-state index contributed by atoms with van der Waals surface area (Å²) in [4.78, 5) is 22.1. The first kappa shape index (κ1) is 18.6.